The van der Waals surface area contributed by atoms with Gasteiger partial charge in [0.1, 0.15) is 0 Å². The van der Waals surface area contributed by atoms with Crippen LogP contribution in [0.1, 0.15) is 30.6 Å². The summed E-state index contributed by atoms with van der Waals surface area (Å²) in [5.74, 6) is -0.423. The Morgan fingerprint density at radius 1 is 1.44 bits per heavy atom. The van der Waals surface area contributed by atoms with Gasteiger partial charge in [0.05, 0.1) is 10.6 Å². The Balaban J connectivity index is 2.39. The van der Waals surface area contributed by atoms with E-state index in [1.54, 1.807) is 6.07 Å². The van der Waals surface area contributed by atoms with E-state index in [1.165, 1.54) is 12.4 Å². The van der Waals surface area contributed by atoms with Crippen LogP contribution in [0.5, 0.6) is 0 Å². The predicted molar refractivity (Wildman–Crippen MR) is 69.5 cm³/mol. The van der Waals surface area contributed by atoms with Crippen LogP contribution in [0.25, 0.3) is 0 Å². The van der Waals surface area contributed by atoms with Gasteiger partial charge in [0.25, 0.3) is 5.91 Å². The lowest BCUT2D eigenvalue weighted by molar-refractivity contribution is -0.121. The van der Waals surface area contributed by atoms with Gasteiger partial charge in [0.2, 0.25) is 5.91 Å². The van der Waals surface area contributed by atoms with Crippen LogP contribution in [-0.2, 0) is 4.79 Å². The lowest BCUT2D eigenvalue weighted by Gasteiger charge is -2.09. The summed E-state index contributed by atoms with van der Waals surface area (Å²) >= 11 is 5.85. The predicted octanol–water partition coefficient (Wildman–Crippen LogP) is 1.38. The Bertz CT molecular complexity index is 435. The molecule has 6 heteroatoms. The van der Waals surface area contributed by atoms with Crippen LogP contribution in [0, 0.1) is 0 Å². The van der Waals surface area contributed by atoms with Crippen LogP contribution in [0.2, 0.25) is 5.02 Å². The second kappa shape index (κ2) is 6.96. The Hall–Kier alpha value is -1.62. The number of carbonyl (C=O) groups excluding carboxylic acids is 2. The van der Waals surface area contributed by atoms with Crippen molar-refractivity contribution in [1.29, 1.82) is 0 Å². The topological polar surface area (TPSA) is 71.1 Å². The maximum Gasteiger partial charge on any atom is 0.254 e. The maximum atomic E-state index is 11.7. The van der Waals surface area contributed by atoms with E-state index in [2.05, 4.69) is 15.6 Å². The number of rotatable bonds is 5. The van der Waals surface area contributed by atoms with E-state index in [0.717, 1.165) is 0 Å². The molecule has 0 unspecified atom stereocenters. The monoisotopic (exact) mass is 269 g/mol. The zero-order valence-corrected chi connectivity index (χ0v) is 11.1. The Morgan fingerprint density at radius 3 is 2.78 bits per heavy atom. The second-order valence-corrected chi connectivity index (χ2v) is 4.49. The molecular formula is C12H16ClN3O2. The molecule has 0 aliphatic rings. The fraction of sp³-hybridized carbons (Fsp3) is 0.417. The van der Waals surface area contributed by atoms with E-state index in [4.69, 9.17) is 11.6 Å². The SMILES string of the molecule is CC(C)NC(=O)CCNC(=O)c1cnccc1Cl. The molecule has 18 heavy (non-hydrogen) atoms. The van der Waals surface area contributed by atoms with Gasteiger partial charge in [-0.15, -0.1) is 0 Å². The van der Waals surface area contributed by atoms with Gasteiger partial charge < -0.3 is 10.6 Å². The molecule has 2 N–H and O–H groups in total. The highest BCUT2D eigenvalue weighted by Crippen LogP contribution is 2.12. The second-order valence-electron chi connectivity index (χ2n) is 4.08. The molecule has 0 fully saturated rings. The van der Waals surface area contributed by atoms with E-state index in [-0.39, 0.29) is 30.8 Å². The molecule has 0 aromatic carbocycles. The normalized spacial score (nSPS) is 10.2. The van der Waals surface area contributed by atoms with Gasteiger partial charge in [-0.25, -0.2) is 0 Å². The molecule has 5 nitrogen and oxygen atoms in total. The third kappa shape index (κ3) is 4.71. The molecule has 0 aliphatic carbocycles. The van der Waals surface area contributed by atoms with Crippen molar-refractivity contribution in [3.63, 3.8) is 0 Å². The minimum atomic E-state index is -0.328. The van der Waals surface area contributed by atoms with Crippen molar-refractivity contribution in [2.24, 2.45) is 0 Å². The van der Waals surface area contributed by atoms with Crippen LogP contribution >= 0.6 is 11.6 Å². The molecule has 0 atom stereocenters. The van der Waals surface area contributed by atoms with Crippen molar-refractivity contribution in [1.82, 2.24) is 15.6 Å². The minimum Gasteiger partial charge on any atom is -0.354 e. The van der Waals surface area contributed by atoms with Crippen molar-refractivity contribution < 1.29 is 9.59 Å². The number of amides is 2. The van der Waals surface area contributed by atoms with E-state index in [1.807, 2.05) is 13.8 Å². The first-order chi connectivity index (χ1) is 8.50. The third-order valence-corrected chi connectivity index (χ3v) is 2.43. The average Bonchev–Trinajstić information content (AvgIpc) is 2.28. The Morgan fingerprint density at radius 2 is 2.17 bits per heavy atom. The van der Waals surface area contributed by atoms with Gasteiger partial charge in [-0.05, 0) is 19.9 Å². The Kier molecular flexibility index (Phi) is 5.58. The van der Waals surface area contributed by atoms with Gasteiger partial charge in [-0.2, -0.15) is 0 Å². The number of nitrogens with zero attached hydrogens (tertiary/aromatic N) is 1. The van der Waals surface area contributed by atoms with E-state index in [9.17, 15) is 9.59 Å². The van der Waals surface area contributed by atoms with Gasteiger partial charge in [0.15, 0.2) is 0 Å². The standard InChI is InChI=1S/C12H16ClN3O2/c1-8(2)16-11(17)4-6-15-12(18)9-7-14-5-3-10(9)13/h3,5,7-8H,4,6H2,1-2H3,(H,15,18)(H,16,17). The van der Waals surface area contributed by atoms with Crippen LogP contribution in [-0.4, -0.2) is 29.4 Å². The summed E-state index contributed by atoms with van der Waals surface area (Å²) in [5, 5.41) is 5.70. The van der Waals surface area contributed by atoms with Crippen molar-refractivity contribution in [3.05, 3.63) is 29.0 Å². The molecule has 1 aromatic rings. The summed E-state index contributed by atoms with van der Waals surface area (Å²) in [7, 11) is 0. The fourth-order valence-electron chi connectivity index (χ4n) is 1.32. The van der Waals surface area contributed by atoms with Crippen LogP contribution in [0.4, 0.5) is 0 Å². The van der Waals surface area contributed by atoms with Crippen LogP contribution in [0.3, 0.4) is 0 Å². The summed E-state index contributed by atoms with van der Waals surface area (Å²) in [6, 6.07) is 1.64. The van der Waals surface area contributed by atoms with Crippen molar-refractivity contribution in [2.75, 3.05) is 6.54 Å². The van der Waals surface area contributed by atoms with Crippen LogP contribution < -0.4 is 10.6 Å². The third-order valence-electron chi connectivity index (χ3n) is 2.10. The molecule has 2 amide bonds. The zero-order valence-electron chi connectivity index (χ0n) is 10.4. The highest BCUT2D eigenvalue weighted by atomic mass is 35.5. The number of halogens is 1. The molecule has 0 radical (unpaired) electrons. The number of hydrogen-bond donors (Lipinski definition) is 2. The van der Waals surface area contributed by atoms with E-state index in [0.29, 0.717) is 10.6 Å². The summed E-state index contributed by atoms with van der Waals surface area (Å²) in [4.78, 5) is 26.9. The van der Waals surface area contributed by atoms with E-state index < -0.39 is 0 Å². The van der Waals surface area contributed by atoms with Crippen molar-refractivity contribution >= 4 is 23.4 Å². The molecule has 0 bridgehead atoms. The first kappa shape index (κ1) is 14.4. The minimum absolute atomic E-state index is 0.0948. The molecule has 0 saturated heterocycles. The van der Waals surface area contributed by atoms with Gasteiger partial charge in [-0.1, -0.05) is 11.6 Å². The Labute approximate surface area is 111 Å². The van der Waals surface area contributed by atoms with Gasteiger partial charge in [0, 0.05) is 31.4 Å². The molecule has 0 saturated carbocycles. The molecule has 0 spiro atoms. The largest absolute Gasteiger partial charge is 0.354 e. The molecule has 1 aromatic heterocycles. The number of aromatic nitrogens is 1. The molecule has 1 rings (SSSR count). The van der Waals surface area contributed by atoms with Crippen molar-refractivity contribution in [2.45, 2.75) is 26.3 Å². The summed E-state index contributed by atoms with van der Waals surface area (Å²) in [5.41, 5.74) is 0.309. The zero-order chi connectivity index (χ0) is 13.5. The number of hydrogen-bond acceptors (Lipinski definition) is 3. The number of carbonyl (C=O) groups is 2. The number of pyridine rings is 1. The molecule has 1 heterocycles. The summed E-state index contributed by atoms with van der Waals surface area (Å²) < 4.78 is 0. The highest BCUT2D eigenvalue weighted by Gasteiger charge is 2.10. The van der Waals surface area contributed by atoms with Crippen molar-refractivity contribution in [3.8, 4) is 0 Å². The quantitative estimate of drug-likeness (QED) is 0.848. The summed E-state index contributed by atoms with van der Waals surface area (Å²) in [6.07, 6.45) is 3.14. The molecular weight excluding hydrogens is 254 g/mol. The summed E-state index contributed by atoms with van der Waals surface area (Å²) in [6.45, 7) is 4.03. The molecule has 98 valence electrons. The lowest BCUT2D eigenvalue weighted by atomic mass is 10.2. The van der Waals surface area contributed by atoms with Gasteiger partial charge >= 0.3 is 0 Å². The fourth-order valence-corrected chi connectivity index (χ4v) is 1.51. The highest BCUT2D eigenvalue weighted by molar-refractivity contribution is 6.33. The lowest BCUT2D eigenvalue weighted by Crippen LogP contribution is -2.34. The van der Waals surface area contributed by atoms with E-state index >= 15 is 0 Å². The van der Waals surface area contributed by atoms with Gasteiger partial charge in [-0.3, -0.25) is 14.6 Å². The first-order valence-electron chi connectivity index (χ1n) is 5.67. The smallest absolute Gasteiger partial charge is 0.254 e. The molecule has 0 aliphatic heterocycles. The first-order valence-corrected chi connectivity index (χ1v) is 6.05. The maximum absolute atomic E-state index is 11.7. The van der Waals surface area contributed by atoms with Crippen LogP contribution in [0.15, 0.2) is 18.5 Å². The average molecular weight is 270 g/mol. The number of nitrogens with one attached hydrogen (secondary N) is 2.